The number of aliphatic hydroxyl groups is 1. The highest BCUT2D eigenvalue weighted by Crippen LogP contribution is 2.15. The molecular weight excluding hydrogens is 234 g/mol. The van der Waals surface area contributed by atoms with Crippen LogP contribution in [0.1, 0.15) is 10.5 Å². The van der Waals surface area contributed by atoms with Gasteiger partial charge in [-0.2, -0.15) is 0 Å². The number of hydrogen-bond acceptors (Lipinski definition) is 5. The zero-order chi connectivity index (χ0) is 13.0. The number of aliphatic hydroxyl groups excluding tert-OH is 1. The zero-order valence-corrected chi connectivity index (χ0v) is 10.1. The average molecular weight is 251 g/mol. The van der Waals surface area contributed by atoms with Gasteiger partial charge in [0, 0.05) is 32.7 Å². The second-order valence-electron chi connectivity index (χ2n) is 4.26. The van der Waals surface area contributed by atoms with Crippen LogP contribution < -0.4 is 4.90 Å². The van der Waals surface area contributed by atoms with Crippen molar-refractivity contribution < 1.29 is 15.0 Å². The van der Waals surface area contributed by atoms with E-state index < -0.39 is 5.97 Å². The molecule has 0 bridgehead atoms. The minimum Gasteiger partial charge on any atom is -0.477 e. The number of β-amino-alcohol motifs (C(OH)–C–C–N with tert-alkyl or cyclic N) is 1. The summed E-state index contributed by atoms with van der Waals surface area (Å²) in [4.78, 5) is 19.0. The Bertz CT molecular complexity index is 400. The molecule has 0 aliphatic carbocycles. The standard InChI is InChI=1S/C12H17N3O3/c16-8-7-14-3-5-15(6-4-14)10-1-2-11(12(17)18)13-9-10/h1-2,9,16H,3-8H2,(H,17,18). The average Bonchev–Trinajstić information content (AvgIpc) is 2.40. The van der Waals surface area contributed by atoms with Gasteiger partial charge >= 0.3 is 5.97 Å². The Hall–Kier alpha value is -1.66. The summed E-state index contributed by atoms with van der Waals surface area (Å²) in [6.45, 7) is 4.45. The van der Waals surface area contributed by atoms with E-state index in [1.54, 1.807) is 12.3 Å². The van der Waals surface area contributed by atoms with E-state index in [4.69, 9.17) is 10.2 Å². The Kier molecular flexibility index (Phi) is 4.11. The molecule has 1 aliphatic rings. The highest BCUT2D eigenvalue weighted by Gasteiger charge is 2.17. The van der Waals surface area contributed by atoms with Crippen LogP contribution in [-0.2, 0) is 0 Å². The molecule has 1 aromatic rings. The fourth-order valence-corrected chi connectivity index (χ4v) is 2.07. The van der Waals surface area contributed by atoms with Gasteiger partial charge in [0.05, 0.1) is 18.5 Å². The molecule has 1 aliphatic heterocycles. The molecule has 1 saturated heterocycles. The summed E-state index contributed by atoms with van der Waals surface area (Å²) in [6.07, 6.45) is 1.60. The van der Waals surface area contributed by atoms with Crippen molar-refractivity contribution in [3.8, 4) is 0 Å². The maximum Gasteiger partial charge on any atom is 0.354 e. The molecule has 2 N–H and O–H groups in total. The lowest BCUT2D eigenvalue weighted by Gasteiger charge is -2.35. The largest absolute Gasteiger partial charge is 0.477 e. The Morgan fingerprint density at radius 3 is 2.50 bits per heavy atom. The van der Waals surface area contributed by atoms with E-state index in [2.05, 4.69) is 14.8 Å². The lowest BCUT2D eigenvalue weighted by molar-refractivity contribution is 0.0690. The number of carboxylic acids is 1. The molecule has 0 saturated carbocycles. The molecule has 0 atom stereocenters. The highest BCUT2D eigenvalue weighted by atomic mass is 16.4. The van der Waals surface area contributed by atoms with Crippen molar-refractivity contribution >= 4 is 11.7 Å². The molecule has 2 heterocycles. The molecule has 1 fully saturated rings. The monoisotopic (exact) mass is 251 g/mol. The van der Waals surface area contributed by atoms with Crippen LogP contribution in [0.5, 0.6) is 0 Å². The second-order valence-corrected chi connectivity index (χ2v) is 4.26. The van der Waals surface area contributed by atoms with Crippen molar-refractivity contribution in [1.29, 1.82) is 0 Å². The molecule has 1 aromatic heterocycles. The number of carbonyl (C=O) groups is 1. The van der Waals surface area contributed by atoms with Crippen LogP contribution in [0.3, 0.4) is 0 Å². The van der Waals surface area contributed by atoms with E-state index in [-0.39, 0.29) is 12.3 Å². The van der Waals surface area contributed by atoms with Gasteiger partial charge in [-0.05, 0) is 12.1 Å². The molecule has 0 aromatic carbocycles. The molecule has 98 valence electrons. The first kappa shape index (κ1) is 12.8. The van der Waals surface area contributed by atoms with Gasteiger partial charge in [-0.3, -0.25) is 4.90 Å². The van der Waals surface area contributed by atoms with Gasteiger partial charge in [0.2, 0.25) is 0 Å². The number of aromatic nitrogens is 1. The second kappa shape index (κ2) is 5.79. The van der Waals surface area contributed by atoms with E-state index in [0.717, 1.165) is 31.9 Å². The SMILES string of the molecule is O=C(O)c1ccc(N2CCN(CCO)CC2)cn1. The Labute approximate surface area is 105 Å². The third-order valence-electron chi connectivity index (χ3n) is 3.12. The van der Waals surface area contributed by atoms with Gasteiger partial charge in [0.1, 0.15) is 5.69 Å². The fraction of sp³-hybridized carbons (Fsp3) is 0.500. The summed E-state index contributed by atoms with van der Waals surface area (Å²) in [6, 6.07) is 3.32. The molecule has 2 rings (SSSR count). The molecule has 0 amide bonds. The Balaban J connectivity index is 1.95. The molecule has 0 unspecified atom stereocenters. The Morgan fingerprint density at radius 1 is 1.28 bits per heavy atom. The summed E-state index contributed by atoms with van der Waals surface area (Å²) in [7, 11) is 0. The van der Waals surface area contributed by atoms with Gasteiger partial charge in [-0.25, -0.2) is 9.78 Å². The molecule has 0 spiro atoms. The summed E-state index contributed by atoms with van der Waals surface area (Å²) >= 11 is 0. The van der Waals surface area contributed by atoms with Crippen molar-refractivity contribution in [2.45, 2.75) is 0 Å². The van der Waals surface area contributed by atoms with Crippen molar-refractivity contribution in [2.75, 3.05) is 44.2 Å². The van der Waals surface area contributed by atoms with E-state index in [1.165, 1.54) is 6.07 Å². The molecule has 6 heteroatoms. The first-order valence-corrected chi connectivity index (χ1v) is 5.98. The van der Waals surface area contributed by atoms with Crippen molar-refractivity contribution in [3.63, 3.8) is 0 Å². The Morgan fingerprint density at radius 2 is 2.00 bits per heavy atom. The molecular formula is C12H17N3O3. The van der Waals surface area contributed by atoms with Crippen LogP contribution in [0.25, 0.3) is 0 Å². The third-order valence-corrected chi connectivity index (χ3v) is 3.12. The maximum atomic E-state index is 10.7. The van der Waals surface area contributed by atoms with E-state index in [1.807, 2.05) is 0 Å². The quantitative estimate of drug-likeness (QED) is 0.778. The van der Waals surface area contributed by atoms with Crippen LogP contribution in [0.15, 0.2) is 18.3 Å². The topological polar surface area (TPSA) is 76.9 Å². The maximum absolute atomic E-state index is 10.7. The van der Waals surface area contributed by atoms with E-state index >= 15 is 0 Å². The van der Waals surface area contributed by atoms with Crippen LogP contribution in [-0.4, -0.2) is 65.4 Å². The molecule has 6 nitrogen and oxygen atoms in total. The molecule has 18 heavy (non-hydrogen) atoms. The van der Waals surface area contributed by atoms with Gasteiger partial charge in [0.15, 0.2) is 0 Å². The van der Waals surface area contributed by atoms with Crippen molar-refractivity contribution in [3.05, 3.63) is 24.0 Å². The van der Waals surface area contributed by atoms with Crippen LogP contribution >= 0.6 is 0 Å². The molecule has 0 radical (unpaired) electrons. The fourth-order valence-electron chi connectivity index (χ4n) is 2.07. The van der Waals surface area contributed by atoms with Crippen LogP contribution in [0.2, 0.25) is 0 Å². The lowest BCUT2D eigenvalue weighted by Crippen LogP contribution is -2.47. The van der Waals surface area contributed by atoms with Gasteiger partial charge in [0.25, 0.3) is 0 Å². The number of aromatic carboxylic acids is 1. The predicted octanol–water partition coefficient (Wildman–Crippen LogP) is -0.106. The minimum absolute atomic E-state index is 0.0673. The summed E-state index contributed by atoms with van der Waals surface area (Å²) in [5, 5.41) is 17.6. The van der Waals surface area contributed by atoms with Crippen molar-refractivity contribution in [1.82, 2.24) is 9.88 Å². The number of nitrogens with zero attached hydrogens (tertiary/aromatic N) is 3. The highest BCUT2D eigenvalue weighted by molar-refractivity contribution is 5.85. The minimum atomic E-state index is -1.01. The summed E-state index contributed by atoms with van der Waals surface area (Å²) in [5.74, 6) is -1.01. The number of carboxylic acid groups (broad SMARTS) is 1. The first-order chi connectivity index (χ1) is 8.70. The predicted molar refractivity (Wildman–Crippen MR) is 66.9 cm³/mol. The van der Waals surface area contributed by atoms with E-state index in [0.29, 0.717) is 6.54 Å². The number of anilines is 1. The summed E-state index contributed by atoms with van der Waals surface area (Å²) < 4.78 is 0. The smallest absolute Gasteiger partial charge is 0.354 e. The first-order valence-electron chi connectivity index (χ1n) is 5.98. The van der Waals surface area contributed by atoms with Gasteiger partial charge in [-0.1, -0.05) is 0 Å². The summed E-state index contributed by atoms with van der Waals surface area (Å²) in [5.41, 5.74) is 1.02. The normalized spacial score (nSPS) is 16.8. The lowest BCUT2D eigenvalue weighted by atomic mass is 10.2. The van der Waals surface area contributed by atoms with Crippen LogP contribution in [0.4, 0.5) is 5.69 Å². The van der Waals surface area contributed by atoms with Crippen LogP contribution in [0, 0.1) is 0 Å². The number of pyridine rings is 1. The number of piperazine rings is 1. The van der Waals surface area contributed by atoms with Gasteiger partial charge < -0.3 is 15.1 Å². The van der Waals surface area contributed by atoms with E-state index in [9.17, 15) is 4.79 Å². The van der Waals surface area contributed by atoms with Crippen molar-refractivity contribution in [2.24, 2.45) is 0 Å². The third kappa shape index (κ3) is 2.96. The number of rotatable bonds is 4. The number of hydrogen-bond donors (Lipinski definition) is 2. The van der Waals surface area contributed by atoms with Gasteiger partial charge in [-0.15, -0.1) is 0 Å². The zero-order valence-electron chi connectivity index (χ0n) is 10.1.